The van der Waals surface area contributed by atoms with E-state index in [1.54, 1.807) is 0 Å². The lowest BCUT2D eigenvalue weighted by Crippen LogP contribution is -2.37. The first kappa shape index (κ1) is 15.0. The van der Waals surface area contributed by atoms with Gasteiger partial charge in [-0.2, -0.15) is 24.9 Å². The van der Waals surface area contributed by atoms with Gasteiger partial charge in [0.15, 0.2) is 0 Å². The minimum absolute atomic E-state index is 0.00949. The SMILES string of the molecule is Nc1ccc(C(=O)NC2CCSCC2)cc1C(F)(F)F. The average Bonchev–Trinajstić information content (AvgIpc) is 2.39. The van der Waals surface area contributed by atoms with Crippen LogP contribution < -0.4 is 11.1 Å². The predicted octanol–water partition coefficient (Wildman–Crippen LogP) is 2.91. The van der Waals surface area contributed by atoms with Crippen molar-refractivity contribution in [3.05, 3.63) is 29.3 Å². The third-order valence-corrected chi connectivity index (χ3v) is 4.23. The number of rotatable bonds is 2. The summed E-state index contributed by atoms with van der Waals surface area (Å²) in [4.78, 5) is 12.0. The summed E-state index contributed by atoms with van der Waals surface area (Å²) in [5.41, 5.74) is 3.96. The van der Waals surface area contributed by atoms with Gasteiger partial charge in [0.05, 0.1) is 5.56 Å². The standard InChI is InChI=1S/C13H15F3N2OS/c14-13(15,16)10-7-8(1-2-11(10)17)12(19)18-9-3-5-20-6-4-9/h1-2,7,9H,3-6,17H2,(H,18,19). The van der Waals surface area contributed by atoms with Crippen molar-refractivity contribution < 1.29 is 18.0 Å². The lowest BCUT2D eigenvalue weighted by molar-refractivity contribution is -0.136. The molecule has 1 aromatic rings. The maximum atomic E-state index is 12.7. The Bertz CT molecular complexity index is 499. The molecule has 0 unspecified atom stereocenters. The van der Waals surface area contributed by atoms with Crippen molar-refractivity contribution in [2.24, 2.45) is 0 Å². The van der Waals surface area contributed by atoms with Gasteiger partial charge in [0.25, 0.3) is 5.91 Å². The molecule has 0 saturated carbocycles. The molecule has 20 heavy (non-hydrogen) atoms. The summed E-state index contributed by atoms with van der Waals surface area (Å²) in [5.74, 6) is 1.44. The van der Waals surface area contributed by atoms with E-state index in [1.807, 2.05) is 11.8 Å². The van der Waals surface area contributed by atoms with Gasteiger partial charge in [-0.05, 0) is 42.5 Å². The summed E-state index contributed by atoms with van der Waals surface area (Å²) in [6.45, 7) is 0. The zero-order valence-corrected chi connectivity index (χ0v) is 11.5. The van der Waals surface area contributed by atoms with Crippen molar-refractivity contribution in [1.82, 2.24) is 5.32 Å². The topological polar surface area (TPSA) is 55.1 Å². The lowest BCUT2D eigenvalue weighted by Gasteiger charge is -2.22. The van der Waals surface area contributed by atoms with Crippen molar-refractivity contribution in [2.75, 3.05) is 17.2 Å². The fourth-order valence-electron chi connectivity index (χ4n) is 2.05. The number of anilines is 1. The lowest BCUT2D eigenvalue weighted by atomic mass is 10.1. The van der Waals surface area contributed by atoms with Crippen LogP contribution in [0.5, 0.6) is 0 Å². The Kier molecular flexibility index (Phi) is 4.47. The van der Waals surface area contributed by atoms with Crippen LogP contribution in [0.3, 0.4) is 0 Å². The third-order valence-electron chi connectivity index (χ3n) is 3.18. The molecule has 0 radical (unpaired) electrons. The predicted molar refractivity (Wildman–Crippen MR) is 73.7 cm³/mol. The summed E-state index contributed by atoms with van der Waals surface area (Å²) in [6, 6.07) is 3.28. The number of carbonyl (C=O) groups is 1. The molecule has 1 aliphatic rings. The van der Waals surface area contributed by atoms with Gasteiger partial charge >= 0.3 is 6.18 Å². The molecule has 1 fully saturated rings. The molecule has 1 heterocycles. The summed E-state index contributed by atoms with van der Waals surface area (Å²) in [5, 5.41) is 2.77. The smallest absolute Gasteiger partial charge is 0.398 e. The fourth-order valence-corrected chi connectivity index (χ4v) is 3.16. The van der Waals surface area contributed by atoms with Crippen molar-refractivity contribution in [3.8, 4) is 0 Å². The van der Waals surface area contributed by atoms with Gasteiger partial charge < -0.3 is 11.1 Å². The molecule has 3 N–H and O–H groups in total. The number of halogens is 3. The van der Waals surface area contributed by atoms with E-state index in [9.17, 15) is 18.0 Å². The molecule has 1 saturated heterocycles. The Labute approximate surface area is 119 Å². The second-order valence-corrected chi connectivity index (χ2v) is 5.88. The highest BCUT2D eigenvalue weighted by Crippen LogP contribution is 2.34. The van der Waals surface area contributed by atoms with E-state index in [4.69, 9.17) is 5.73 Å². The van der Waals surface area contributed by atoms with Gasteiger partial charge in [-0.25, -0.2) is 0 Å². The number of hydrogen-bond donors (Lipinski definition) is 2. The number of amides is 1. The third kappa shape index (κ3) is 3.59. The summed E-state index contributed by atoms with van der Waals surface area (Å²) in [7, 11) is 0. The molecule has 7 heteroatoms. The zero-order valence-electron chi connectivity index (χ0n) is 10.7. The van der Waals surface area contributed by atoms with Gasteiger partial charge in [0, 0.05) is 17.3 Å². The quantitative estimate of drug-likeness (QED) is 0.826. The maximum Gasteiger partial charge on any atom is 0.418 e. The second kappa shape index (κ2) is 5.95. The number of nitrogens with two attached hydrogens (primary N) is 1. The number of benzene rings is 1. The molecule has 0 bridgehead atoms. The van der Waals surface area contributed by atoms with Crippen LogP contribution in [-0.4, -0.2) is 23.5 Å². The highest BCUT2D eigenvalue weighted by atomic mass is 32.2. The Morgan fingerprint density at radius 2 is 1.95 bits per heavy atom. The fraction of sp³-hybridized carbons (Fsp3) is 0.462. The van der Waals surface area contributed by atoms with Gasteiger partial charge in [-0.3, -0.25) is 4.79 Å². The van der Waals surface area contributed by atoms with Crippen LogP contribution in [0.4, 0.5) is 18.9 Å². The van der Waals surface area contributed by atoms with Crippen molar-refractivity contribution in [1.29, 1.82) is 0 Å². The number of nitrogen functional groups attached to an aromatic ring is 1. The van der Waals surface area contributed by atoms with Crippen LogP contribution in [0.15, 0.2) is 18.2 Å². The van der Waals surface area contributed by atoms with Crippen molar-refractivity contribution in [2.45, 2.75) is 25.1 Å². The maximum absolute atomic E-state index is 12.7. The highest BCUT2D eigenvalue weighted by molar-refractivity contribution is 7.99. The Morgan fingerprint density at radius 3 is 2.55 bits per heavy atom. The van der Waals surface area contributed by atoms with Crippen molar-refractivity contribution >= 4 is 23.4 Å². The summed E-state index contributed by atoms with van der Waals surface area (Å²) < 4.78 is 38.2. The summed E-state index contributed by atoms with van der Waals surface area (Å²) in [6.07, 6.45) is -2.86. The molecule has 110 valence electrons. The molecule has 0 aliphatic carbocycles. The molecule has 0 aromatic heterocycles. The minimum atomic E-state index is -4.55. The van der Waals surface area contributed by atoms with Crippen LogP contribution in [0.1, 0.15) is 28.8 Å². The zero-order chi connectivity index (χ0) is 14.8. The van der Waals surface area contributed by atoms with E-state index < -0.39 is 17.6 Å². The van der Waals surface area contributed by atoms with Crippen LogP contribution in [-0.2, 0) is 6.18 Å². The van der Waals surface area contributed by atoms with Gasteiger partial charge in [-0.1, -0.05) is 0 Å². The van der Waals surface area contributed by atoms with E-state index in [2.05, 4.69) is 5.32 Å². The monoisotopic (exact) mass is 304 g/mol. The molecule has 1 amide bonds. The van der Waals surface area contributed by atoms with E-state index in [1.165, 1.54) is 6.07 Å². The van der Waals surface area contributed by atoms with E-state index in [-0.39, 0.29) is 17.3 Å². The largest absolute Gasteiger partial charge is 0.418 e. The number of nitrogens with one attached hydrogen (secondary N) is 1. The first-order valence-electron chi connectivity index (χ1n) is 6.23. The second-order valence-electron chi connectivity index (χ2n) is 4.66. The van der Waals surface area contributed by atoms with Gasteiger partial charge in [0.1, 0.15) is 0 Å². The molecule has 0 atom stereocenters. The molecule has 1 aromatic carbocycles. The molecule has 1 aliphatic heterocycles. The van der Waals surface area contributed by atoms with E-state index >= 15 is 0 Å². The number of thioether (sulfide) groups is 1. The Balaban J connectivity index is 2.13. The number of carbonyl (C=O) groups excluding carboxylic acids is 1. The molecule has 0 spiro atoms. The van der Waals surface area contributed by atoms with Crippen LogP contribution >= 0.6 is 11.8 Å². The highest BCUT2D eigenvalue weighted by Gasteiger charge is 2.33. The minimum Gasteiger partial charge on any atom is -0.398 e. The molecule has 2 rings (SSSR count). The Hall–Kier alpha value is -1.37. The van der Waals surface area contributed by atoms with E-state index in [0.29, 0.717) is 0 Å². The average molecular weight is 304 g/mol. The van der Waals surface area contributed by atoms with Gasteiger partial charge in [0.2, 0.25) is 0 Å². The summed E-state index contributed by atoms with van der Waals surface area (Å²) >= 11 is 1.81. The van der Waals surface area contributed by atoms with Crippen molar-refractivity contribution in [3.63, 3.8) is 0 Å². The first-order valence-corrected chi connectivity index (χ1v) is 7.39. The first-order chi connectivity index (χ1) is 9.38. The van der Waals surface area contributed by atoms with Crippen LogP contribution in [0, 0.1) is 0 Å². The van der Waals surface area contributed by atoms with Gasteiger partial charge in [-0.15, -0.1) is 0 Å². The van der Waals surface area contributed by atoms with E-state index in [0.717, 1.165) is 36.5 Å². The molecular formula is C13H15F3N2OS. The van der Waals surface area contributed by atoms with Crippen LogP contribution in [0.25, 0.3) is 0 Å². The molecular weight excluding hydrogens is 289 g/mol. The number of alkyl halides is 3. The normalized spacial score (nSPS) is 16.9. The number of hydrogen-bond acceptors (Lipinski definition) is 3. The Morgan fingerprint density at radius 1 is 1.30 bits per heavy atom. The molecule has 3 nitrogen and oxygen atoms in total. The van der Waals surface area contributed by atoms with Crippen LogP contribution in [0.2, 0.25) is 0 Å².